The SMILES string of the molecule is Cc1ccc([S+](=O)(CCN(C)[C@@H](C)[C@H](O)c2ccccc2)N2C(=O)c3ccccc3C2=O)cc1. The van der Waals surface area contributed by atoms with Crippen LogP contribution in [0.1, 0.15) is 44.9 Å². The molecule has 1 unspecified atom stereocenters. The van der Waals surface area contributed by atoms with Crippen LogP contribution in [0.2, 0.25) is 0 Å². The van der Waals surface area contributed by atoms with Gasteiger partial charge in [-0.1, -0.05) is 68.7 Å². The Labute approximate surface area is 201 Å². The van der Waals surface area contributed by atoms with E-state index in [4.69, 9.17) is 0 Å². The summed E-state index contributed by atoms with van der Waals surface area (Å²) in [5, 5.41) is 10.8. The molecule has 7 heteroatoms. The molecule has 1 aliphatic rings. The first-order valence-corrected chi connectivity index (χ1v) is 12.9. The summed E-state index contributed by atoms with van der Waals surface area (Å²) in [4.78, 5) is 28.8. The number of hydrogen-bond acceptors (Lipinski definition) is 5. The topological polar surface area (TPSA) is 77.9 Å². The highest BCUT2D eigenvalue weighted by molar-refractivity contribution is 8.01. The highest BCUT2D eigenvalue weighted by Crippen LogP contribution is 2.34. The molecule has 1 aliphatic heterocycles. The maximum atomic E-state index is 14.6. The first-order chi connectivity index (χ1) is 16.2. The van der Waals surface area contributed by atoms with E-state index in [9.17, 15) is 18.9 Å². The molecule has 34 heavy (non-hydrogen) atoms. The minimum absolute atomic E-state index is 0.0594. The predicted molar refractivity (Wildman–Crippen MR) is 133 cm³/mol. The fraction of sp³-hybridized carbons (Fsp3) is 0.259. The van der Waals surface area contributed by atoms with Crippen molar-refractivity contribution in [3.05, 3.63) is 101 Å². The van der Waals surface area contributed by atoms with E-state index in [0.29, 0.717) is 11.4 Å². The summed E-state index contributed by atoms with van der Waals surface area (Å²) in [5.74, 6) is -1.01. The van der Waals surface area contributed by atoms with Crippen molar-refractivity contribution in [2.24, 2.45) is 0 Å². The lowest BCUT2D eigenvalue weighted by molar-refractivity contribution is 0.0737. The van der Waals surface area contributed by atoms with Crippen LogP contribution in [0, 0.1) is 6.92 Å². The van der Waals surface area contributed by atoms with Gasteiger partial charge < -0.3 is 5.11 Å². The molecule has 4 rings (SSSR count). The van der Waals surface area contributed by atoms with Gasteiger partial charge in [-0.15, -0.1) is 0 Å². The number of aliphatic hydroxyl groups is 1. The minimum atomic E-state index is -3.24. The highest BCUT2D eigenvalue weighted by Gasteiger charge is 2.53. The van der Waals surface area contributed by atoms with Crippen LogP contribution in [0.4, 0.5) is 0 Å². The number of carbonyl (C=O) groups excluding carboxylic acids is 2. The van der Waals surface area contributed by atoms with Crippen molar-refractivity contribution in [3.63, 3.8) is 0 Å². The number of likely N-dealkylation sites (N-methyl/N-ethyl adjacent to an activating group) is 1. The summed E-state index contributed by atoms with van der Waals surface area (Å²) >= 11 is 0. The first-order valence-electron chi connectivity index (χ1n) is 11.2. The van der Waals surface area contributed by atoms with Gasteiger partial charge in [0.15, 0.2) is 10.6 Å². The highest BCUT2D eigenvalue weighted by atomic mass is 32.3. The van der Waals surface area contributed by atoms with E-state index in [1.807, 2.05) is 68.3 Å². The summed E-state index contributed by atoms with van der Waals surface area (Å²) in [6.45, 7) is 4.13. The zero-order chi connectivity index (χ0) is 24.5. The van der Waals surface area contributed by atoms with Crippen molar-refractivity contribution in [2.45, 2.75) is 30.9 Å². The molecule has 0 aliphatic carbocycles. The summed E-state index contributed by atoms with van der Waals surface area (Å²) in [5.41, 5.74) is 2.33. The Bertz CT molecular complexity index is 1210. The quantitative estimate of drug-likeness (QED) is 0.390. The van der Waals surface area contributed by atoms with Crippen molar-refractivity contribution in [2.75, 3.05) is 19.3 Å². The van der Waals surface area contributed by atoms with Crippen molar-refractivity contribution in [1.29, 1.82) is 0 Å². The van der Waals surface area contributed by atoms with Gasteiger partial charge in [-0.25, -0.2) is 0 Å². The smallest absolute Gasteiger partial charge is 0.304 e. The molecule has 0 saturated carbocycles. The molecule has 1 heterocycles. The second-order valence-corrected chi connectivity index (χ2v) is 11.2. The molecule has 6 nitrogen and oxygen atoms in total. The molecule has 2 amide bonds. The third kappa shape index (κ3) is 4.34. The van der Waals surface area contributed by atoms with Crippen molar-refractivity contribution in [1.82, 2.24) is 9.21 Å². The number of imide groups is 1. The van der Waals surface area contributed by atoms with Gasteiger partial charge >= 0.3 is 11.8 Å². The third-order valence-corrected chi connectivity index (χ3v) is 9.12. The van der Waals surface area contributed by atoms with E-state index < -0.39 is 28.0 Å². The summed E-state index contributed by atoms with van der Waals surface area (Å²) in [7, 11) is -1.40. The second-order valence-electron chi connectivity index (χ2n) is 8.68. The Morgan fingerprint density at radius 3 is 1.97 bits per heavy atom. The normalized spacial score (nSPS) is 16.9. The van der Waals surface area contributed by atoms with Gasteiger partial charge in [0.1, 0.15) is 0 Å². The Morgan fingerprint density at radius 2 is 1.41 bits per heavy atom. The molecule has 176 valence electrons. The van der Waals surface area contributed by atoms with Crippen molar-refractivity contribution < 1.29 is 18.9 Å². The minimum Gasteiger partial charge on any atom is -0.387 e. The second kappa shape index (κ2) is 9.62. The van der Waals surface area contributed by atoms with E-state index in [-0.39, 0.29) is 22.9 Å². The molecule has 3 atom stereocenters. The number of rotatable bonds is 8. The Balaban J connectivity index is 1.63. The number of nitrogens with zero attached hydrogens (tertiary/aromatic N) is 2. The van der Waals surface area contributed by atoms with Crippen LogP contribution >= 0.6 is 0 Å². The monoisotopic (exact) mass is 477 g/mol. The molecule has 1 N–H and O–H groups in total. The maximum Gasteiger partial charge on any atom is 0.304 e. The van der Waals surface area contributed by atoms with Crippen LogP contribution in [0.5, 0.6) is 0 Å². The van der Waals surface area contributed by atoms with Gasteiger partial charge in [-0.3, -0.25) is 14.5 Å². The standard InChI is InChI=1S/C27H29N2O4S/c1-19-13-15-22(16-14-19)34(33,29-26(31)23-11-7-8-12-24(23)27(29)32)18-17-28(3)20(2)25(30)21-9-5-4-6-10-21/h4-16,20,25,30H,17-18H2,1-3H3/q+1/t20-,25-,34?/m0/s1. The fourth-order valence-electron chi connectivity index (χ4n) is 4.14. The van der Waals surface area contributed by atoms with Crippen LogP contribution in [0.3, 0.4) is 0 Å². The molecule has 0 aromatic heterocycles. The van der Waals surface area contributed by atoms with Crippen LogP contribution in [-0.2, 0) is 14.3 Å². The van der Waals surface area contributed by atoms with Crippen LogP contribution in [0.25, 0.3) is 0 Å². The third-order valence-electron chi connectivity index (χ3n) is 6.45. The predicted octanol–water partition coefficient (Wildman–Crippen LogP) is 4.12. The Morgan fingerprint density at radius 1 is 0.882 bits per heavy atom. The summed E-state index contributed by atoms with van der Waals surface area (Å²) in [6, 6.07) is 22.8. The molecule has 0 spiro atoms. The molecule has 3 aromatic rings. The lowest BCUT2D eigenvalue weighted by Gasteiger charge is -2.29. The molecule has 0 radical (unpaired) electrons. The van der Waals surface area contributed by atoms with Crippen LogP contribution in [-0.4, -0.2) is 51.5 Å². The number of fused-ring (bicyclic) bond motifs is 1. The molecular weight excluding hydrogens is 448 g/mol. The van der Waals surface area contributed by atoms with Gasteiger partial charge in [0, 0.05) is 12.6 Å². The van der Waals surface area contributed by atoms with Crippen LogP contribution < -0.4 is 0 Å². The van der Waals surface area contributed by atoms with E-state index in [0.717, 1.165) is 15.4 Å². The number of carbonyl (C=O) groups is 2. The lowest BCUT2D eigenvalue weighted by Crippen LogP contribution is -2.46. The van der Waals surface area contributed by atoms with Gasteiger partial charge in [-0.05, 0) is 50.7 Å². The van der Waals surface area contributed by atoms with Gasteiger partial charge in [0.05, 0.1) is 17.2 Å². The summed E-state index contributed by atoms with van der Waals surface area (Å²) < 4.78 is 15.5. The largest absolute Gasteiger partial charge is 0.387 e. The summed E-state index contributed by atoms with van der Waals surface area (Å²) in [6.07, 6.45) is -0.735. The number of aryl methyl sites for hydroxylation is 1. The van der Waals surface area contributed by atoms with Crippen molar-refractivity contribution >= 4 is 21.9 Å². The molecule has 0 bridgehead atoms. The fourth-order valence-corrected chi connectivity index (χ4v) is 6.60. The Kier molecular flexibility index (Phi) is 6.79. The van der Waals surface area contributed by atoms with E-state index in [1.165, 1.54) is 0 Å². The average Bonchev–Trinajstić information content (AvgIpc) is 3.12. The number of amides is 2. The van der Waals surface area contributed by atoms with E-state index in [1.54, 1.807) is 36.4 Å². The lowest BCUT2D eigenvalue weighted by atomic mass is 10.0. The first kappa shape index (κ1) is 24.0. The van der Waals surface area contributed by atoms with Crippen LogP contribution in [0.15, 0.2) is 83.8 Å². The van der Waals surface area contributed by atoms with E-state index >= 15 is 0 Å². The number of hydrogen-bond donors (Lipinski definition) is 1. The zero-order valence-corrected chi connectivity index (χ0v) is 20.4. The number of aliphatic hydroxyl groups excluding tert-OH is 1. The molecular formula is C27H29N2O4S+. The molecule has 0 fully saturated rings. The van der Waals surface area contributed by atoms with Gasteiger partial charge in [-0.2, -0.15) is 0 Å². The average molecular weight is 478 g/mol. The maximum absolute atomic E-state index is 14.6. The number of benzene rings is 3. The van der Waals surface area contributed by atoms with Crippen molar-refractivity contribution in [3.8, 4) is 0 Å². The van der Waals surface area contributed by atoms with E-state index in [2.05, 4.69) is 0 Å². The van der Waals surface area contributed by atoms with Gasteiger partial charge in [0.2, 0.25) is 10.1 Å². The molecule has 3 aromatic carbocycles. The zero-order valence-electron chi connectivity index (χ0n) is 19.5. The van der Waals surface area contributed by atoms with Gasteiger partial charge in [0.25, 0.3) is 0 Å². The molecule has 0 saturated heterocycles. The Hall–Kier alpha value is -3.13.